The minimum absolute atomic E-state index is 0.213. The van der Waals surface area contributed by atoms with Gasteiger partial charge >= 0.3 is 0 Å². The van der Waals surface area contributed by atoms with Crippen molar-refractivity contribution < 1.29 is 4.79 Å². The Balaban J connectivity index is 1.91. The first kappa shape index (κ1) is 12.2. The Hall–Kier alpha value is -1.83. The summed E-state index contributed by atoms with van der Waals surface area (Å²) in [5.74, 6) is 6.97. The van der Waals surface area contributed by atoms with Gasteiger partial charge in [0.05, 0.1) is 0 Å². The van der Waals surface area contributed by atoms with E-state index in [4.69, 9.17) is 0 Å². The smallest absolute Gasteiger partial charge is 0.296 e. The van der Waals surface area contributed by atoms with Gasteiger partial charge in [-0.2, -0.15) is 0 Å². The highest BCUT2D eigenvalue weighted by Gasteiger charge is 2.44. The van der Waals surface area contributed by atoms with Crippen molar-refractivity contribution in [3.8, 4) is 11.8 Å². The third kappa shape index (κ3) is 2.01. The number of aromatic nitrogens is 3. The number of amides is 1. The lowest BCUT2D eigenvalue weighted by atomic mass is 9.75. The third-order valence-electron chi connectivity index (χ3n) is 4.09. The Morgan fingerprint density at radius 3 is 2.84 bits per heavy atom. The van der Waals surface area contributed by atoms with Crippen LogP contribution in [-0.4, -0.2) is 20.7 Å². The molecule has 5 heteroatoms. The lowest BCUT2D eigenvalue weighted by Crippen LogP contribution is -2.52. The van der Waals surface area contributed by atoms with Gasteiger partial charge in [-0.05, 0) is 44.9 Å². The molecule has 0 spiro atoms. The average molecular weight is 258 g/mol. The van der Waals surface area contributed by atoms with Crippen molar-refractivity contribution in [3.05, 3.63) is 11.6 Å². The highest BCUT2D eigenvalue weighted by molar-refractivity contribution is 5.94. The monoisotopic (exact) mass is 258 g/mol. The molecule has 1 N–H and O–H groups in total. The molecular weight excluding hydrogens is 240 g/mol. The summed E-state index contributed by atoms with van der Waals surface area (Å²) in [6.07, 6.45) is 6.31. The van der Waals surface area contributed by atoms with Crippen LogP contribution in [0.25, 0.3) is 0 Å². The molecule has 0 radical (unpaired) electrons. The van der Waals surface area contributed by atoms with Crippen LogP contribution < -0.4 is 5.32 Å². The van der Waals surface area contributed by atoms with Gasteiger partial charge in [0.1, 0.15) is 11.4 Å². The minimum atomic E-state index is -0.330. The summed E-state index contributed by atoms with van der Waals surface area (Å²) < 4.78 is 2.20. The number of carbonyl (C=O) groups is 1. The molecule has 19 heavy (non-hydrogen) atoms. The number of nitrogens with zero attached hydrogens (tertiary/aromatic N) is 3. The molecule has 0 unspecified atom stereocenters. The molecule has 0 aromatic carbocycles. The van der Waals surface area contributed by atoms with E-state index < -0.39 is 0 Å². The predicted octanol–water partition coefficient (Wildman–Crippen LogP) is 1.13. The molecule has 3 rings (SSSR count). The summed E-state index contributed by atoms with van der Waals surface area (Å²) in [6, 6.07) is 0. The van der Waals surface area contributed by atoms with E-state index in [1.165, 1.54) is 6.42 Å². The molecule has 0 saturated heterocycles. The first-order chi connectivity index (χ1) is 9.25. The largest absolute Gasteiger partial charge is 0.333 e. The highest BCUT2D eigenvalue weighted by atomic mass is 16.1. The zero-order valence-electron chi connectivity index (χ0n) is 11.2. The quantitative estimate of drug-likeness (QED) is 0.809. The Kier molecular flexibility index (Phi) is 3.02. The second kappa shape index (κ2) is 4.69. The first-order valence-corrected chi connectivity index (χ1v) is 6.93. The van der Waals surface area contributed by atoms with Gasteiger partial charge in [0.2, 0.25) is 0 Å². The number of nitrogens with one attached hydrogen (secondary N) is 1. The van der Waals surface area contributed by atoms with Crippen molar-refractivity contribution in [3.63, 3.8) is 0 Å². The summed E-state index contributed by atoms with van der Waals surface area (Å²) in [5.41, 5.74) is -0.330. The molecule has 100 valence electrons. The predicted molar refractivity (Wildman–Crippen MR) is 70.1 cm³/mol. The Morgan fingerprint density at radius 2 is 2.16 bits per heavy atom. The molecule has 1 fully saturated rings. The van der Waals surface area contributed by atoms with Gasteiger partial charge in [0.25, 0.3) is 5.91 Å². The SMILES string of the molecule is CC#CC(=O)NC1(c2nnc3n2CCCC3)CCC1. The fourth-order valence-corrected chi connectivity index (χ4v) is 2.96. The van der Waals surface area contributed by atoms with E-state index in [2.05, 4.69) is 31.9 Å². The molecule has 2 heterocycles. The van der Waals surface area contributed by atoms with Crippen LogP contribution in [0.15, 0.2) is 0 Å². The minimum Gasteiger partial charge on any atom is -0.333 e. The molecule has 1 aromatic heterocycles. The van der Waals surface area contributed by atoms with Gasteiger partial charge in [0, 0.05) is 13.0 Å². The van der Waals surface area contributed by atoms with Gasteiger partial charge in [-0.1, -0.05) is 5.92 Å². The first-order valence-electron chi connectivity index (χ1n) is 6.93. The van der Waals surface area contributed by atoms with Gasteiger partial charge < -0.3 is 9.88 Å². The van der Waals surface area contributed by atoms with E-state index in [9.17, 15) is 4.79 Å². The Labute approximate surface area is 112 Å². The van der Waals surface area contributed by atoms with Gasteiger partial charge in [-0.15, -0.1) is 10.2 Å². The molecule has 1 saturated carbocycles. The van der Waals surface area contributed by atoms with Crippen molar-refractivity contribution in [1.29, 1.82) is 0 Å². The lowest BCUT2D eigenvalue weighted by Gasteiger charge is -2.41. The maximum atomic E-state index is 11.8. The second-order valence-corrected chi connectivity index (χ2v) is 5.31. The summed E-state index contributed by atoms with van der Waals surface area (Å²) in [6.45, 7) is 2.64. The van der Waals surface area contributed by atoms with Crippen LogP contribution >= 0.6 is 0 Å². The fourth-order valence-electron chi connectivity index (χ4n) is 2.96. The molecule has 2 aliphatic rings. The van der Waals surface area contributed by atoms with Gasteiger partial charge in [-0.3, -0.25) is 4.79 Å². The standard InChI is InChI=1S/C14H18N4O/c1-2-6-12(19)15-14(8-5-9-14)13-17-16-11-7-3-4-10-18(11)13/h3-5,7-10H2,1H3,(H,15,19). The second-order valence-electron chi connectivity index (χ2n) is 5.31. The number of rotatable bonds is 2. The van der Waals surface area contributed by atoms with Crippen molar-refractivity contribution in [2.75, 3.05) is 0 Å². The van der Waals surface area contributed by atoms with Crippen LogP contribution in [0.1, 0.15) is 50.7 Å². The van der Waals surface area contributed by atoms with Gasteiger partial charge in [0.15, 0.2) is 5.82 Å². The van der Waals surface area contributed by atoms with E-state index in [1.807, 2.05) is 0 Å². The van der Waals surface area contributed by atoms with E-state index in [0.717, 1.165) is 50.3 Å². The zero-order valence-corrected chi connectivity index (χ0v) is 11.2. The zero-order chi connectivity index (χ0) is 13.3. The lowest BCUT2D eigenvalue weighted by molar-refractivity contribution is -0.119. The van der Waals surface area contributed by atoms with Crippen LogP contribution in [0.3, 0.4) is 0 Å². The number of fused-ring (bicyclic) bond motifs is 1. The number of carbonyl (C=O) groups excluding carboxylic acids is 1. The summed E-state index contributed by atoms with van der Waals surface area (Å²) in [7, 11) is 0. The molecule has 5 nitrogen and oxygen atoms in total. The van der Waals surface area contributed by atoms with E-state index in [-0.39, 0.29) is 11.4 Å². The van der Waals surface area contributed by atoms with Crippen LogP contribution in [0.4, 0.5) is 0 Å². The van der Waals surface area contributed by atoms with Gasteiger partial charge in [-0.25, -0.2) is 0 Å². The summed E-state index contributed by atoms with van der Waals surface area (Å²) >= 11 is 0. The molecule has 0 bridgehead atoms. The van der Waals surface area contributed by atoms with Crippen LogP contribution in [0.5, 0.6) is 0 Å². The molecule has 1 amide bonds. The molecule has 1 aromatic rings. The number of aryl methyl sites for hydroxylation is 1. The Bertz CT molecular complexity index is 560. The summed E-state index contributed by atoms with van der Waals surface area (Å²) in [5, 5.41) is 11.7. The normalized spacial score (nSPS) is 19.6. The third-order valence-corrected chi connectivity index (χ3v) is 4.09. The number of hydrogen-bond donors (Lipinski definition) is 1. The topological polar surface area (TPSA) is 59.8 Å². The van der Waals surface area contributed by atoms with E-state index in [0.29, 0.717) is 0 Å². The molecule has 1 aliphatic carbocycles. The van der Waals surface area contributed by atoms with Crippen LogP contribution in [-0.2, 0) is 23.3 Å². The van der Waals surface area contributed by atoms with Crippen molar-refractivity contribution in [1.82, 2.24) is 20.1 Å². The maximum absolute atomic E-state index is 11.8. The Morgan fingerprint density at radius 1 is 1.32 bits per heavy atom. The van der Waals surface area contributed by atoms with Crippen molar-refractivity contribution in [2.24, 2.45) is 0 Å². The van der Waals surface area contributed by atoms with Crippen molar-refractivity contribution in [2.45, 2.75) is 57.5 Å². The molecule has 1 aliphatic heterocycles. The number of hydrogen-bond acceptors (Lipinski definition) is 3. The summed E-state index contributed by atoms with van der Waals surface area (Å²) in [4.78, 5) is 11.8. The van der Waals surface area contributed by atoms with Crippen LogP contribution in [0.2, 0.25) is 0 Å². The van der Waals surface area contributed by atoms with Crippen LogP contribution in [0, 0.1) is 11.8 Å². The van der Waals surface area contributed by atoms with Crippen molar-refractivity contribution >= 4 is 5.91 Å². The maximum Gasteiger partial charge on any atom is 0.296 e. The molecule has 0 atom stereocenters. The average Bonchev–Trinajstić information content (AvgIpc) is 2.78. The van der Waals surface area contributed by atoms with E-state index in [1.54, 1.807) is 6.92 Å². The molecular formula is C14H18N4O. The van der Waals surface area contributed by atoms with E-state index >= 15 is 0 Å². The fraction of sp³-hybridized carbons (Fsp3) is 0.643. The highest BCUT2D eigenvalue weighted by Crippen LogP contribution is 2.41.